The third kappa shape index (κ3) is 24.4. The summed E-state index contributed by atoms with van der Waals surface area (Å²) in [5.41, 5.74) is 0. The Bertz CT molecular complexity index is 1050. The van der Waals surface area contributed by atoms with Crippen LogP contribution < -0.4 is 5.32 Å². The fourth-order valence-corrected chi connectivity index (χ4v) is 7.25. The number of amides is 1. The van der Waals surface area contributed by atoms with Gasteiger partial charge >= 0.3 is 10.4 Å². The molecule has 14 heteroatoms. The number of carbonyl (C=O) groups excluding carboxylic acids is 1. The molecule has 54 heavy (non-hydrogen) atoms. The number of allylic oxidation sites excluding steroid dienone is 2. The van der Waals surface area contributed by atoms with Crippen molar-refractivity contribution in [1.29, 1.82) is 0 Å². The Balaban J connectivity index is 2.62. The van der Waals surface area contributed by atoms with Gasteiger partial charge in [-0.2, -0.15) is 8.42 Å². The van der Waals surface area contributed by atoms with Gasteiger partial charge in [-0.25, -0.2) is 4.18 Å². The molecule has 1 heterocycles. The predicted octanol–water partition coefficient (Wildman–Crippen LogP) is 6.19. The lowest BCUT2D eigenvalue weighted by Crippen LogP contribution is -2.61. The molecule has 0 spiro atoms. The highest BCUT2D eigenvalue weighted by Crippen LogP contribution is 2.26. The van der Waals surface area contributed by atoms with Gasteiger partial charge in [0.2, 0.25) is 5.91 Å². The monoisotopic (exact) mass is 796 g/mol. The second-order valence-corrected chi connectivity index (χ2v) is 16.1. The van der Waals surface area contributed by atoms with Gasteiger partial charge in [0.1, 0.15) is 30.5 Å². The van der Waals surface area contributed by atoms with Crippen molar-refractivity contribution in [2.75, 3.05) is 13.2 Å². The summed E-state index contributed by atoms with van der Waals surface area (Å²) in [6.07, 6.45) is 19.8. The second kappa shape index (κ2) is 31.8. The van der Waals surface area contributed by atoms with Gasteiger partial charge in [-0.3, -0.25) is 9.35 Å². The molecule has 1 amide bonds. The van der Waals surface area contributed by atoms with E-state index in [-0.39, 0.29) is 6.42 Å². The van der Waals surface area contributed by atoms with Gasteiger partial charge in [0, 0.05) is 0 Å². The number of hydrogen-bond donors (Lipinski definition) is 7. The Morgan fingerprint density at radius 3 is 1.72 bits per heavy atom. The summed E-state index contributed by atoms with van der Waals surface area (Å²) in [6, 6.07) is -1.03. The fraction of sp³-hybridized carbons (Fsp3) is 0.925. The smallest absolute Gasteiger partial charge is 0.394 e. The molecule has 0 aromatic carbocycles. The molecule has 1 saturated heterocycles. The van der Waals surface area contributed by atoms with E-state index in [0.29, 0.717) is 19.3 Å². The first-order valence-electron chi connectivity index (χ1n) is 21.2. The lowest BCUT2D eigenvalue weighted by Gasteiger charge is -2.41. The molecule has 0 bridgehead atoms. The number of carbonyl (C=O) groups is 1. The molecule has 13 nitrogen and oxygen atoms in total. The van der Waals surface area contributed by atoms with Crippen LogP contribution in [0.1, 0.15) is 174 Å². The highest BCUT2D eigenvalue weighted by molar-refractivity contribution is 7.80. The predicted molar refractivity (Wildman–Crippen MR) is 210 cm³/mol. The standard InChI is InChI=1S/C40H77NO12S/c1-3-5-7-9-11-13-15-16-17-18-19-21-22-24-26-28-33(43)32(41-39(47)34(44)29-27-25-23-20-14-12-10-8-6-4-2)31-51-40-37(46)38(53-54(48,49)50)36(45)35(30-42)52-40/h10,12,32-38,40,42-46H,3-9,11,13-31H2,1-2H3,(H,41,47)(H,48,49,50)/b12-10-. The maximum absolute atomic E-state index is 13.0. The Kier molecular flexibility index (Phi) is 30.0. The van der Waals surface area contributed by atoms with E-state index >= 15 is 0 Å². The molecule has 1 rings (SSSR count). The highest BCUT2D eigenvalue weighted by atomic mass is 32.3. The van der Waals surface area contributed by atoms with Crippen LogP contribution in [0, 0.1) is 0 Å². The molecule has 8 atom stereocenters. The van der Waals surface area contributed by atoms with E-state index in [1.807, 2.05) is 0 Å². The van der Waals surface area contributed by atoms with Gasteiger partial charge in [0.15, 0.2) is 6.29 Å². The topological polar surface area (TPSA) is 212 Å². The molecule has 7 N–H and O–H groups in total. The maximum atomic E-state index is 13.0. The van der Waals surface area contributed by atoms with Crippen LogP contribution in [0.4, 0.5) is 0 Å². The van der Waals surface area contributed by atoms with Gasteiger partial charge < -0.3 is 40.3 Å². The van der Waals surface area contributed by atoms with Crippen LogP contribution in [0.15, 0.2) is 12.2 Å². The van der Waals surface area contributed by atoms with Crippen molar-refractivity contribution in [3.05, 3.63) is 12.2 Å². The molecule has 0 radical (unpaired) electrons. The van der Waals surface area contributed by atoms with E-state index in [0.717, 1.165) is 51.4 Å². The summed E-state index contributed by atoms with van der Waals surface area (Å²) >= 11 is 0. The minimum absolute atomic E-state index is 0.246. The Hall–Kier alpha value is -1.20. The summed E-state index contributed by atoms with van der Waals surface area (Å²) in [5, 5.41) is 55.1. The van der Waals surface area contributed by atoms with Crippen molar-refractivity contribution in [3.63, 3.8) is 0 Å². The van der Waals surface area contributed by atoms with Crippen LogP contribution in [0.25, 0.3) is 0 Å². The van der Waals surface area contributed by atoms with Gasteiger partial charge in [0.05, 0.1) is 25.4 Å². The van der Waals surface area contributed by atoms with Crippen LogP contribution in [-0.4, -0.2) is 107 Å². The molecule has 1 aliphatic rings. The van der Waals surface area contributed by atoms with Crippen LogP contribution in [-0.2, 0) is 28.9 Å². The quantitative estimate of drug-likeness (QED) is 0.0218. The maximum Gasteiger partial charge on any atom is 0.397 e. The van der Waals surface area contributed by atoms with Crippen molar-refractivity contribution in [2.45, 2.75) is 223 Å². The molecular formula is C40H77NO12S. The minimum Gasteiger partial charge on any atom is -0.394 e. The van der Waals surface area contributed by atoms with Crippen LogP contribution in [0.3, 0.4) is 0 Å². The van der Waals surface area contributed by atoms with E-state index in [2.05, 4.69) is 35.5 Å². The number of nitrogens with one attached hydrogen (secondary N) is 1. The summed E-state index contributed by atoms with van der Waals surface area (Å²) in [4.78, 5) is 13.0. The molecule has 8 unspecified atom stereocenters. The van der Waals surface area contributed by atoms with Crippen LogP contribution >= 0.6 is 0 Å². The highest BCUT2D eigenvalue weighted by Gasteiger charge is 2.48. The van der Waals surface area contributed by atoms with Crippen molar-refractivity contribution < 1.29 is 57.0 Å². The van der Waals surface area contributed by atoms with E-state index < -0.39 is 78.5 Å². The first kappa shape index (κ1) is 50.8. The van der Waals surface area contributed by atoms with E-state index in [1.54, 1.807) is 0 Å². The zero-order valence-corrected chi connectivity index (χ0v) is 34.2. The molecule has 1 fully saturated rings. The van der Waals surface area contributed by atoms with Crippen molar-refractivity contribution >= 4 is 16.3 Å². The van der Waals surface area contributed by atoms with Gasteiger partial charge in [-0.05, 0) is 32.1 Å². The molecule has 1 aliphatic heterocycles. The summed E-state index contributed by atoms with van der Waals surface area (Å²) < 4.78 is 47.4. The Morgan fingerprint density at radius 2 is 1.20 bits per heavy atom. The summed E-state index contributed by atoms with van der Waals surface area (Å²) in [6.45, 7) is 3.20. The number of aliphatic hydroxyl groups excluding tert-OH is 5. The molecule has 320 valence electrons. The average molecular weight is 796 g/mol. The van der Waals surface area contributed by atoms with E-state index in [4.69, 9.17) is 14.0 Å². The number of aliphatic hydroxyl groups is 5. The average Bonchev–Trinajstić information content (AvgIpc) is 3.14. The first-order chi connectivity index (χ1) is 25.9. The zero-order valence-electron chi connectivity index (χ0n) is 33.4. The first-order valence-corrected chi connectivity index (χ1v) is 22.5. The van der Waals surface area contributed by atoms with Crippen molar-refractivity contribution in [3.8, 4) is 0 Å². The van der Waals surface area contributed by atoms with Crippen molar-refractivity contribution in [2.24, 2.45) is 0 Å². The lowest BCUT2D eigenvalue weighted by molar-refractivity contribution is -0.298. The molecular weight excluding hydrogens is 719 g/mol. The molecule has 0 aromatic rings. The van der Waals surface area contributed by atoms with Crippen LogP contribution in [0.5, 0.6) is 0 Å². The fourth-order valence-electron chi connectivity index (χ4n) is 6.74. The largest absolute Gasteiger partial charge is 0.397 e. The zero-order chi connectivity index (χ0) is 40.0. The SMILES string of the molecule is CCCC/C=C\CCCCCCC(O)C(=O)NC(COC1OC(CO)C(O)C(OS(=O)(=O)O)C1O)C(O)CCCCCCCCCCCCCCCCC. The minimum atomic E-state index is -5.10. The second-order valence-electron chi connectivity index (χ2n) is 15.1. The lowest BCUT2D eigenvalue weighted by atomic mass is 9.99. The Labute approximate surface area is 326 Å². The summed E-state index contributed by atoms with van der Waals surface area (Å²) in [5.74, 6) is -0.681. The number of rotatable bonds is 35. The van der Waals surface area contributed by atoms with Gasteiger partial charge in [-0.15, -0.1) is 0 Å². The number of hydrogen-bond acceptors (Lipinski definition) is 11. The van der Waals surface area contributed by atoms with Crippen molar-refractivity contribution in [1.82, 2.24) is 5.32 Å². The Morgan fingerprint density at radius 1 is 0.722 bits per heavy atom. The molecule has 0 saturated carbocycles. The third-order valence-corrected chi connectivity index (χ3v) is 10.6. The third-order valence-electron chi connectivity index (χ3n) is 10.2. The number of unbranched alkanes of at least 4 members (excludes halogenated alkanes) is 20. The molecule has 0 aromatic heterocycles. The number of ether oxygens (including phenoxy) is 2. The molecule has 0 aliphatic carbocycles. The van der Waals surface area contributed by atoms with E-state index in [1.165, 1.54) is 83.5 Å². The normalized spacial score (nSPS) is 22.4. The summed E-state index contributed by atoms with van der Waals surface area (Å²) in [7, 11) is -5.10. The van der Waals surface area contributed by atoms with Gasteiger partial charge in [0.25, 0.3) is 0 Å². The van der Waals surface area contributed by atoms with Crippen LogP contribution in [0.2, 0.25) is 0 Å². The van der Waals surface area contributed by atoms with Gasteiger partial charge in [-0.1, -0.05) is 154 Å². The van der Waals surface area contributed by atoms with E-state index in [9.17, 15) is 38.7 Å².